The maximum Gasteiger partial charge on any atom is 0.289 e. The number of imidazole rings is 1. The number of likely N-dealkylation sites (tertiary alicyclic amines) is 1. The van der Waals surface area contributed by atoms with Gasteiger partial charge in [0.1, 0.15) is 5.69 Å². The van der Waals surface area contributed by atoms with Crippen LogP contribution in [-0.4, -0.2) is 45.9 Å². The lowest BCUT2D eigenvalue weighted by molar-refractivity contribution is 0.0664. The van der Waals surface area contributed by atoms with E-state index in [2.05, 4.69) is 31.1 Å². The van der Waals surface area contributed by atoms with E-state index < -0.39 is 0 Å². The Balaban J connectivity index is 1.81. The predicted molar refractivity (Wildman–Crippen MR) is 101 cm³/mol. The molecule has 0 spiro atoms. The summed E-state index contributed by atoms with van der Waals surface area (Å²) >= 11 is 0. The molecule has 1 aromatic rings. The lowest BCUT2D eigenvalue weighted by Crippen LogP contribution is -2.40. The average Bonchev–Trinajstić information content (AvgIpc) is 3.00. The fourth-order valence-electron chi connectivity index (χ4n) is 3.96. The molecule has 1 saturated heterocycles. The van der Waals surface area contributed by atoms with Crippen LogP contribution >= 0.6 is 0 Å². The second-order valence-electron chi connectivity index (χ2n) is 8.28. The van der Waals surface area contributed by atoms with Crippen LogP contribution in [0.4, 0.5) is 0 Å². The second-order valence-corrected chi connectivity index (χ2v) is 8.28. The van der Waals surface area contributed by atoms with E-state index in [1.807, 2.05) is 9.47 Å². The molecule has 1 aromatic heterocycles. The quantitative estimate of drug-likeness (QED) is 0.878. The van der Waals surface area contributed by atoms with Crippen molar-refractivity contribution >= 4 is 11.8 Å². The minimum atomic E-state index is -0.137. The molecule has 1 fully saturated rings. The SMILES string of the molecule is CC(C)CCNC(=O)c1nc(C(=O)N2CCCC(C)C2)n2c1CCCC2. The number of amides is 2. The molecule has 0 aliphatic carbocycles. The number of nitrogens with zero attached hydrogens (tertiary/aromatic N) is 3. The smallest absolute Gasteiger partial charge is 0.289 e. The van der Waals surface area contributed by atoms with Gasteiger partial charge in [0.15, 0.2) is 5.82 Å². The summed E-state index contributed by atoms with van der Waals surface area (Å²) in [6, 6.07) is 0. The first-order valence-corrected chi connectivity index (χ1v) is 10.1. The van der Waals surface area contributed by atoms with Gasteiger partial charge >= 0.3 is 0 Å². The second kappa shape index (κ2) is 8.23. The lowest BCUT2D eigenvalue weighted by atomic mass is 10.0. The van der Waals surface area contributed by atoms with E-state index in [1.54, 1.807) is 0 Å². The van der Waals surface area contributed by atoms with Gasteiger partial charge in [-0.1, -0.05) is 20.8 Å². The minimum absolute atomic E-state index is 0.0130. The Morgan fingerprint density at radius 3 is 2.77 bits per heavy atom. The molecule has 1 unspecified atom stereocenters. The largest absolute Gasteiger partial charge is 0.351 e. The van der Waals surface area contributed by atoms with Gasteiger partial charge in [0.2, 0.25) is 0 Å². The van der Waals surface area contributed by atoms with Crippen molar-refractivity contribution in [3.8, 4) is 0 Å². The Bertz CT molecular complexity index is 665. The van der Waals surface area contributed by atoms with Crippen LogP contribution in [0.15, 0.2) is 0 Å². The number of rotatable bonds is 5. The van der Waals surface area contributed by atoms with Gasteiger partial charge < -0.3 is 14.8 Å². The normalized spacial score (nSPS) is 20.2. The topological polar surface area (TPSA) is 67.2 Å². The highest BCUT2D eigenvalue weighted by molar-refractivity contribution is 5.97. The first-order chi connectivity index (χ1) is 12.5. The van der Waals surface area contributed by atoms with Crippen molar-refractivity contribution in [1.29, 1.82) is 0 Å². The first kappa shape index (κ1) is 18.9. The average molecular weight is 361 g/mol. The van der Waals surface area contributed by atoms with Crippen LogP contribution in [0.1, 0.15) is 79.7 Å². The Morgan fingerprint density at radius 2 is 2.04 bits per heavy atom. The van der Waals surface area contributed by atoms with Crippen LogP contribution in [0.5, 0.6) is 0 Å². The fraction of sp³-hybridized carbons (Fsp3) is 0.750. The molecule has 6 heteroatoms. The summed E-state index contributed by atoms with van der Waals surface area (Å²) in [6.07, 6.45) is 6.07. The monoisotopic (exact) mass is 360 g/mol. The molecule has 2 aliphatic heterocycles. The Kier molecular flexibility index (Phi) is 5.99. The summed E-state index contributed by atoms with van der Waals surface area (Å²) in [4.78, 5) is 32.2. The zero-order valence-electron chi connectivity index (χ0n) is 16.4. The van der Waals surface area contributed by atoms with Crippen molar-refractivity contribution in [2.24, 2.45) is 11.8 Å². The number of nitrogens with one attached hydrogen (secondary N) is 1. The number of aromatic nitrogens is 2. The van der Waals surface area contributed by atoms with Crippen LogP contribution in [-0.2, 0) is 13.0 Å². The summed E-state index contributed by atoms with van der Waals surface area (Å²) in [5.41, 5.74) is 1.40. The molecule has 1 atom stereocenters. The molecule has 0 aromatic carbocycles. The highest BCUT2D eigenvalue weighted by Gasteiger charge is 2.31. The van der Waals surface area contributed by atoms with E-state index in [-0.39, 0.29) is 11.8 Å². The third kappa shape index (κ3) is 4.10. The van der Waals surface area contributed by atoms with Crippen molar-refractivity contribution in [3.05, 3.63) is 17.2 Å². The molecule has 3 rings (SSSR count). The molecule has 3 heterocycles. The number of carbonyl (C=O) groups is 2. The van der Waals surface area contributed by atoms with Crippen LogP contribution in [0.25, 0.3) is 0 Å². The third-order valence-corrected chi connectivity index (χ3v) is 5.48. The number of hydrogen-bond acceptors (Lipinski definition) is 3. The van der Waals surface area contributed by atoms with Gasteiger partial charge in [-0.25, -0.2) is 4.98 Å². The van der Waals surface area contributed by atoms with Gasteiger partial charge in [-0.15, -0.1) is 0 Å². The molecule has 144 valence electrons. The molecule has 2 amide bonds. The van der Waals surface area contributed by atoms with Crippen LogP contribution in [0, 0.1) is 11.8 Å². The summed E-state index contributed by atoms with van der Waals surface area (Å²) in [5.74, 6) is 1.39. The van der Waals surface area contributed by atoms with E-state index in [0.29, 0.717) is 29.9 Å². The van der Waals surface area contributed by atoms with Gasteiger partial charge in [0, 0.05) is 26.2 Å². The first-order valence-electron chi connectivity index (χ1n) is 10.1. The van der Waals surface area contributed by atoms with Crippen LogP contribution in [0.3, 0.4) is 0 Å². The third-order valence-electron chi connectivity index (χ3n) is 5.48. The van der Waals surface area contributed by atoms with Crippen molar-refractivity contribution < 1.29 is 9.59 Å². The Labute approximate surface area is 156 Å². The van der Waals surface area contributed by atoms with E-state index in [4.69, 9.17) is 0 Å². The van der Waals surface area contributed by atoms with Crippen LogP contribution in [0.2, 0.25) is 0 Å². The Morgan fingerprint density at radius 1 is 1.23 bits per heavy atom. The van der Waals surface area contributed by atoms with Gasteiger partial charge in [0.05, 0.1) is 5.69 Å². The fourth-order valence-corrected chi connectivity index (χ4v) is 3.96. The molecule has 2 aliphatic rings. The van der Waals surface area contributed by atoms with E-state index in [1.165, 1.54) is 6.42 Å². The van der Waals surface area contributed by atoms with Gasteiger partial charge in [-0.3, -0.25) is 9.59 Å². The highest BCUT2D eigenvalue weighted by atomic mass is 16.2. The van der Waals surface area contributed by atoms with Crippen molar-refractivity contribution in [2.45, 2.75) is 65.8 Å². The Hall–Kier alpha value is -1.85. The summed E-state index contributed by atoms with van der Waals surface area (Å²) in [5, 5.41) is 2.98. The van der Waals surface area contributed by atoms with Crippen molar-refractivity contribution in [2.75, 3.05) is 19.6 Å². The van der Waals surface area contributed by atoms with Gasteiger partial charge in [0.25, 0.3) is 11.8 Å². The highest BCUT2D eigenvalue weighted by Crippen LogP contribution is 2.24. The molecule has 0 bridgehead atoms. The zero-order chi connectivity index (χ0) is 18.7. The molecular formula is C20H32N4O2. The van der Waals surface area contributed by atoms with Gasteiger partial charge in [-0.05, 0) is 50.4 Å². The summed E-state index contributed by atoms with van der Waals surface area (Å²) in [7, 11) is 0. The standard InChI is InChI=1S/C20H32N4O2/c1-14(2)9-10-21-19(25)17-16-8-4-5-12-24(16)18(22-17)20(26)23-11-6-7-15(3)13-23/h14-15H,4-13H2,1-3H3,(H,21,25). The van der Waals surface area contributed by atoms with E-state index >= 15 is 0 Å². The number of hydrogen-bond donors (Lipinski definition) is 1. The van der Waals surface area contributed by atoms with E-state index in [9.17, 15) is 9.59 Å². The number of piperidine rings is 1. The van der Waals surface area contributed by atoms with Gasteiger partial charge in [-0.2, -0.15) is 0 Å². The number of fused-ring (bicyclic) bond motifs is 1. The molecule has 6 nitrogen and oxygen atoms in total. The lowest BCUT2D eigenvalue weighted by Gasteiger charge is -2.31. The molecular weight excluding hydrogens is 328 g/mol. The predicted octanol–water partition coefficient (Wildman–Crippen LogP) is 2.87. The maximum atomic E-state index is 13.1. The van der Waals surface area contributed by atoms with E-state index in [0.717, 1.165) is 57.4 Å². The van der Waals surface area contributed by atoms with Crippen LogP contribution < -0.4 is 5.32 Å². The molecule has 26 heavy (non-hydrogen) atoms. The minimum Gasteiger partial charge on any atom is -0.351 e. The maximum absolute atomic E-state index is 13.1. The molecule has 0 radical (unpaired) electrons. The van der Waals surface area contributed by atoms with Crippen molar-refractivity contribution in [3.63, 3.8) is 0 Å². The number of carbonyl (C=O) groups excluding carboxylic acids is 2. The van der Waals surface area contributed by atoms with Crippen molar-refractivity contribution in [1.82, 2.24) is 19.8 Å². The molecule has 0 saturated carbocycles. The summed E-state index contributed by atoms with van der Waals surface area (Å²) < 4.78 is 2.00. The summed E-state index contributed by atoms with van der Waals surface area (Å²) in [6.45, 7) is 9.48. The molecule has 1 N–H and O–H groups in total. The zero-order valence-corrected chi connectivity index (χ0v) is 16.4.